The van der Waals surface area contributed by atoms with Crippen molar-refractivity contribution in [2.24, 2.45) is 16.8 Å². The van der Waals surface area contributed by atoms with Gasteiger partial charge in [0.25, 0.3) is 5.91 Å². The summed E-state index contributed by atoms with van der Waals surface area (Å²) in [7, 11) is 0. The second-order valence-corrected chi connectivity index (χ2v) is 10.9. The van der Waals surface area contributed by atoms with Crippen molar-refractivity contribution < 1.29 is 14.0 Å². The molecule has 1 saturated carbocycles. The molecule has 184 valence electrons. The van der Waals surface area contributed by atoms with Crippen molar-refractivity contribution in [3.63, 3.8) is 0 Å². The zero-order chi connectivity index (χ0) is 25.0. The lowest BCUT2D eigenvalue weighted by Crippen LogP contribution is -2.42. The summed E-state index contributed by atoms with van der Waals surface area (Å²) in [5.74, 6) is 1.22. The Bertz CT molecular complexity index is 1390. The first kappa shape index (κ1) is 22.9. The first-order chi connectivity index (χ1) is 17.3. The number of halogens is 1. The van der Waals surface area contributed by atoms with E-state index in [1.54, 1.807) is 6.07 Å². The minimum Gasteiger partial charge on any atom is -0.342 e. The second kappa shape index (κ2) is 8.54. The zero-order valence-electron chi connectivity index (χ0n) is 20.7. The van der Waals surface area contributed by atoms with E-state index >= 15 is 0 Å². The molecule has 0 N–H and O–H groups in total. The molecule has 6 heteroatoms. The normalized spacial score (nSPS) is 21.4. The van der Waals surface area contributed by atoms with Gasteiger partial charge >= 0.3 is 0 Å². The van der Waals surface area contributed by atoms with Crippen LogP contribution in [0, 0.1) is 17.7 Å². The van der Waals surface area contributed by atoms with Crippen LogP contribution in [0.3, 0.4) is 0 Å². The Kier molecular flexibility index (Phi) is 5.43. The number of amidine groups is 1. The van der Waals surface area contributed by atoms with Crippen molar-refractivity contribution in [2.45, 2.75) is 38.6 Å². The van der Waals surface area contributed by atoms with Gasteiger partial charge in [0.1, 0.15) is 17.2 Å². The molecule has 2 heterocycles. The van der Waals surface area contributed by atoms with Crippen molar-refractivity contribution in [1.29, 1.82) is 0 Å². The Morgan fingerprint density at radius 1 is 1.00 bits per heavy atom. The van der Waals surface area contributed by atoms with Crippen LogP contribution >= 0.6 is 0 Å². The average Bonchev–Trinajstić information content (AvgIpc) is 3.58. The maximum absolute atomic E-state index is 14.3. The van der Waals surface area contributed by atoms with Crippen molar-refractivity contribution in [2.75, 3.05) is 19.6 Å². The van der Waals surface area contributed by atoms with Gasteiger partial charge < -0.3 is 4.90 Å². The summed E-state index contributed by atoms with van der Waals surface area (Å²) in [5, 5.41) is 1.47. The van der Waals surface area contributed by atoms with Gasteiger partial charge in [-0.05, 0) is 67.7 Å². The van der Waals surface area contributed by atoms with E-state index in [0.29, 0.717) is 24.3 Å². The molecule has 0 aromatic heterocycles. The number of carbonyl (C=O) groups is 2. The number of likely N-dealkylation sites (tertiary alicyclic amines) is 1. The van der Waals surface area contributed by atoms with E-state index in [-0.39, 0.29) is 29.5 Å². The number of carbonyl (C=O) groups excluding carboxylic acids is 2. The fourth-order valence-electron chi connectivity index (χ4n) is 5.44. The number of nitrogens with zero attached hydrogens (tertiary/aromatic N) is 3. The molecule has 6 rings (SSSR count). The third-order valence-electron chi connectivity index (χ3n) is 7.68. The van der Waals surface area contributed by atoms with E-state index in [0.717, 1.165) is 47.9 Å². The van der Waals surface area contributed by atoms with Crippen LogP contribution in [-0.2, 0) is 9.59 Å². The number of hydrogen-bond donors (Lipinski definition) is 0. The van der Waals surface area contributed by atoms with Crippen LogP contribution in [-0.4, -0.2) is 52.6 Å². The Labute approximate surface area is 210 Å². The third-order valence-corrected chi connectivity index (χ3v) is 7.68. The molecule has 3 aromatic rings. The van der Waals surface area contributed by atoms with Crippen molar-refractivity contribution >= 4 is 28.4 Å². The molecular weight excluding hydrogens is 453 g/mol. The largest absolute Gasteiger partial charge is 0.342 e. The van der Waals surface area contributed by atoms with Gasteiger partial charge in [-0.3, -0.25) is 19.5 Å². The van der Waals surface area contributed by atoms with Crippen LogP contribution in [0.15, 0.2) is 65.7 Å². The lowest BCUT2D eigenvalue weighted by atomic mass is 9.99. The molecule has 0 radical (unpaired) electrons. The molecule has 5 nitrogen and oxygen atoms in total. The van der Waals surface area contributed by atoms with E-state index in [4.69, 9.17) is 4.99 Å². The molecule has 2 fully saturated rings. The summed E-state index contributed by atoms with van der Waals surface area (Å²) < 4.78 is 14.3. The first-order valence-electron chi connectivity index (χ1n) is 12.8. The summed E-state index contributed by atoms with van der Waals surface area (Å²) in [6.07, 6.45) is 2.94. The maximum Gasteiger partial charge on any atom is 0.255 e. The molecule has 3 aromatic carbocycles. The van der Waals surface area contributed by atoms with E-state index in [2.05, 4.69) is 0 Å². The third kappa shape index (κ3) is 4.08. The molecular formula is C30H30FN3O2. The summed E-state index contributed by atoms with van der Waals surface area (Å²) >= 11 is 0. The van der Waals surface area contributed by atoms with Gasteiger partial charge in [0.05, 0.1) is 0 Å². The minimum absolute atomic E-state index is 0.00134. The highest BCUT2D eigenvalue weighted by molar-refractivity contribution is 6.15. The monoisotopic (exact) mass is 483 g/mol. The first-order valence-corrected chi connectivity index (χ1v) is 12.8. The molecule has 1 saturated heterocycles. The van der Waals surface area contributed by atoms with Gasteiger partial charge in [0.15, 0.2) is 0 Å². The molecule has 0 bridgehead atoms. The Morgan fingerprint density at radius 2 is 1.72 bits per heavy atom. The topological polar surface area (TPSA) is 53.0 Å². The molecule has 1 atom stereocenters. The Balaban J connectivity index is 1.23. The number of amides is 2. The number of fused-ring (bicyclic) bond motifs is 1. The smallest absolute Gasteiger partial charge is 0.255 e. The van der Waals surface area contributed by atoms with E-state index in [1.165, 1.54) is 6.07 Å². The number of rotatable bonds is 5. The van der Waals surface area contributed by atoms with Crippen LogP contribution in [0.25, 0.3) is 21.9 Å². The van der Waals surface area contributed by atoms with Crippen molar-refractivity contribution in [1.82, 2.24) is 9.80 Å². The SMILES string of the molecule is CC1(C)N=C(c2ccc(-c3ccc4cccc(F)c4c3)cc2)N(C[C@@H]2CCN(C(=O)C3CC3)C2)C1=O. The Morgan fingerprint density at radius 3 is 2.47 bits per heavy atom. The highest BCUT2D eigenvalue weighted by Crippen LogP contribution is 2.34. The highest BCUT2D eigenvalue weighted by Gasteiger charge is 2.43. The Hall–Kier alpha value is -3.54. The van der Waals surface area contributed by atoms with E-state index in [1.807, 2.05) is 72.2 Å². The lowest BCUT2D eigenvalue weighted by molar-refractivity contribution is -0.131. The second-order valence-electron chi connectivity index (χ2n) is 10.9. The van der Waals surface area contributed by atoms with Crippen LogP contribution in [0.2, 0.25) is 0 Å². The molecule has 2 amide bonds. The van der Waals surface area contributed by atoms with Crippen molar-refractivity contribution in [3.05, 3.63) is 72.0 Å². The van der Waals surface area contributed by atoms with E-state index in [9.17, 15) is 14.0 Å². The van der Waals surface area contributed by atoms with Crippen LogP contribution in [0.4, 0.5) is 4.39 Å². The molecule has 1 aliphatic carbocycles. The fourth-order valence-corrected chi connectivity index (χ4v) is 5.44. The highest BCUT2D eigenvalue weighted by atomic mass is 19.1. The maximum atomic E-state index is 14.3. The summed E-state index contributed by atoms with van der Waals surface area (Å²) in [4.78, 5) is 34.4. The summed E-state index contributed by atoms with van der Waals surface area (Å²) in [5.41, 5.74) is 1.98. The van der Waals surface area contributed by atoms with E-state index < -0.39 is 5.54 Å². The predicted molar refractivity (Wildman–Crippen MR) is 139 cm³/mol. The number of benzene rings is 3. The van der Waals surface area contributed by atoms with Gasteiger partial charge in [-0.25, -0.2) is 4.39 Å². The van der Waals surface area contributed by atoms with Crippen LogP contribution in [0.5, 0.6) is 0 Å². The van der Waals surface area contributed by atoms with Gasteiger partial charge in [-0.2, -0.15) is 0 Å². The average molecular weight is 484 g/mol. The fraction of sp³-hybridized carbons (Fsp3) is 0.367. The zero-order valence-corrected chi connectivity index (χ0v) is 20.7. The van der Waals surface area contributed by atoms with Crippen LogP contribution < -0.4 is 0 Å². The lowest BCUT2D eigenvalue weighted by Gasteiger charge is -2.24. The van der Waals surface area contributed by atoms with Crippen molar-refractivity contribution in [3.8, 4) is 11.1 Å². The predicted octanol–water partition coefficient (Wildman–Crippen LogP) is 5.27. The van der Waals surface area contributed by atoms with Gasteiger partial charge in [0, 0.05) is 36.5 Å². The summed E-state index contributed by atoms with van der Waals surface area (Å²) in [6, 6.07) is 18.9. The molecule has 0 unspecified atom stereocenters. The van der Waals surface area contributed by atoms with Gasteiger partial charge in [-0.15, -0.1) is 0 Å². The molecule has 2 aliphatic heterocycles. The molecule has 0 spiro atoms. The molecule has 3 aliphatic rings. The summed E-state index contributed by atoms with van der Waals surface area (Å²) in [6.45, 7) is 5.76. The number of aliphatic imine (C=N–C) groups is 1. The van der Waals surface area contributed by atoms with Crippen LogP contribution in [0.1, 0.15) is 38.7 Å². The van der Waals surface area contributed by atoms with Gasteiger partial charge in [-0.1, -0.05) is 48.5 Å². The standard InChI is InChI=1S/C30H30FN3O2/c1-30(2)29(36)34(18-19-14-15-33(17-19)28(35)23-11-12-23)27(32-30)22-9-6-20(7-10-22)24-13-8-21-4-3-5-26(31)25(21)16-24/h3-10,13,16,19,23H,11-12,14-15,17-18H2,1-2H3/t19-/m1/s1. The number of hydrogen-bond acceptors (Lipinski definition) is 3. The molecule has 36 heavy (non-hydrogen) atoms. The minimum atomic E-state index is -0.813. The van der Waals surface area contributed by atoms with Gasteiger partial charge in [0.2, 0.25) is 5.91 Å². The quantitative estimate of drug-likeness (QED) is 0.496.